The Hall–Kier alpha value is -1.92. The maximum atomic E-state index is 12.7. The third-order valence-electron chi connectivity index (χ3n) is 5.09. The molecule has 1 atom stereocenters. The van der Waals surface area contributed by atoms with Crippen molar-refractivity contribution in [3.63, 3.8) is 0 Å². The van der Waals surface area contributed by atoms with Crippen molar-refractivity contribution in [3.05, 3.63) is 29.8 Å². The summed E-state index contributed by atoms with van der Waals surface area (Å²) in [5, 5.41) is 0. The highest BCUT2D eigenvalue weighted by Crippen LogP contribution is 2.27. The lowest BCUT2D eigenvalue weighted by molar-refractivity contribution is -0.133. The topological polar surface area (TPSA) is 69.9 Å². The van der Waals surface area contributed by atoms with Gasteiger partial charge in [0.1, 0.15) is 0 Å². The zero-order valence-corrected chi connectivity index (χ0v) is 15.0. The number of hydrogen-bond donors (Lipinski definition) is 1. The summed E-state index contributed by atoms with van der Waals surface area (Å²) in [6, 6.07) is 8.18. The Morgan fingerprint density at radius 1 is 1.08 bits per heavy atom. The van der Waals surface area contributed by atoms with E-state index in [1.807, 2.05) is 34.9 Å². The standard InChI is InChI=1S/C19H28N4O2/c1-15(20)6-7-18(24)22-12-10-21(11-13-22)14-19(25)23-9-8-16-4-2-3-5-17(16)23/h2-5,15H,6-14,20H2,1H3. The number of fused-ring (bicyclic) bond motifs is 1. The van der Waals surface area contributed by atoms with Gasteiger partial charge in [-0.05, 0) is 31.4 Å². The molecule has 2 amide bonds. The minimum Gasteiger partial charge on any atom is -0.340 e. The van der Waals surface area contributed by atoms with Gasteiger partial charge in [-0.1, -0.05) is 18.2 Å². The van der Waals surface area contributed by atoms with Crippen LogP contribution in [0, 0.1) is 0 Å². The van der Waals surface area contributed by atoms with Crippen LogP contribution >= 0.6 is 0 Å². The molecule has 25 heavy (non-hydrogen) atoms. The van der Waals surface area contributed by atoms with Crippen LogP contribution < -0.4 is 10.6 Å². The van der Waals surface area contributed by atoms with Crippen molar-refractivity contribution in [2.24, 2.45) is 5.73 Å². The first-order chi connectivity index (χ1) is 12.0. The van der Waals surface area contributed by atoms with Crippen molar-refractivity contribution in [1.82, 2.24) is 9.80 Å². The number of nitrogens with two attached hydrogens (primary N) is 1. The number of carbonyl (C=O) groups is 2. The van der Waals surface area contributed by atoms with Gasteiger partial charge in [0.15, 0.2) is 0 Å². The van der Waals surface area contributed by atoms with Crippen LogP contribution in [0.15, 0.2) is 24.3 Å². The average Bonchev–Trinajstić information content (AvgIpc) is 3.04. The Bertz CT molecular complexity index is 624. The second-order valence-electron chi connectivity index (χ2n) is 7.10. The summed E-state index contributed by atoms with van der Waals surface area (Å²) >= 11 is 0. The fraction of sp³-hybridized carbons (Fsp3) is 0.579. The van der Waals surface area contributed by atoms with E-state index in [1.165, 1.54) is 5.56 Å². The lowest BCUT2D eigenvalue weighted by Crippen LogP contribution is -2.51. The van der Waals surface area contributed by atoms with Crippen LogP contribution in [0.2, 0.25) is 0 Å². The minimum atomic E-state index is 0.0613. The van der Waals surface area contributed by atoms with Crippen LogP contribution in [0.4, 0.5) is 5.69 Å². The number of hydrogen-bond acceptors (Lipinski definition) is 4. The van der Waals surface area contributed by atoms with Crippen LogP contribution in [0.5, 0.6) is 0 Å². The molecular formula is C19H28N4O2. The quantitative estimate of drug-likeness (QED) is 0.860. The molecule has 3 rings (SSSR count). The first kappa shape index (κ1) is 17.9. The molecule has 0 aliphatic carbocycles. The summed E-state index contributed by atoms with van der Waals surface area (Å²) in [6.07, 6.45) is 2.18. The molecule has 2 aliphatic heterocycles. The molecule has 1 aromatic rings. The van der Waals surface area contributed by atoms with Crippen LogP contribution in [0.1, 0.15) is 25.3 Å². The Morgan fingerprint density at radius 3 is 2.52 bits per heavy atom. The number of anilines is 1. The van der Waals surface area contributed by atoms with Gasteiger partial charge in [0, 0.05) is 50.9 Å². The van der Waals surface area contributed by atoms with Gasteiger partial charge in [0.25, 0.3) is 0 Å². The van der Waals surface area contributed by atoms with Gasteiger partial charge in [-0.25, -0.2) is 0 Å². The summed E-state index contributed by atoms with van der Waals surface area (Å²) in [7, 11) is 0. The summed E-state index contributed by atoms with van der Waals surface area (Å²) in [4.78, 5) is 30.8. The number of benzene rings is 1. The van der Waals surface area contributed by atoms with Crippen molar-refractivity contribution in [1.29, 1.82) is 0 Å². The maximum Gasteiger partial charge on any atom is 0.241 e. The van der Waals surface area contributed by atoms with Crippen molar-refractivity contribution in [3.8, 4) is 0 Å². The lowest BCUT2D eigenvalue weighted by atomic mass is 10.1. The van der Waals surface area contributed by atoms with E-state index in [-0.39, 0.29) is 17.9 Å². The van der Waals surface area contributed by atoms with Crippen molar-refractivity contribution >= 4 is 17.5 Å². The molecule has 0 spiro atoms. The average molecular weight is 344 g/mol. The first-order valence-corrected chi connectivity index (χ1v) is 9.18. The summed E-state index contributed by atoms with van der Waals surface area (Å²) in [5.41, 5.74) is 8.02. The van der Waals surface area contributed by atoms with Gasteiger partial charge in [-0.2, -0.15) is 0 Å². The van der Waals surface area contributed by atoms with Gasteiger partial charge in [0.05, 0.1) is 6.54 Å². The number of carbonyl (C=O) groups excluding carboxylic acids is 2. The second-order valence-corrected chi connectivity index (χ2v) is 7.10. The molecule has 1 aromatic carbocycles. The van der Waals surface area contributed by atoms with E-state index >= 15 is 0 Å². The fourth-order valence-electron chi connectivity index (χ4n) is 3.54. The Morgan fingerprint density at radius 2 is 1.80 bits per heavy atom. The molecule has 0 aromatic heterocycles. The largest absolute Gasteiger partial charge is 0.340 e. The maximum absolute atomic E-state index is 12.7. The molecule has 0 radical (unpaired) electrons. The number of nitrogens with zero attached hydrogens (tertiary/aromatic N) is 3. The van der Waals surface area contributed by atoms with Crippen LogP contribution in [0.3, 0.4) is 0 Å². The third-order valence-corrected chi connectivity index (χ3v) is 5.09. The molecule has 136 valence electrons. The monoisotopic (exact) mass is 344 g/mol. The zero-order valence-electron chi connectivity index (χ0n) is 15.0. The van der Waals surface area contributed by atoms with E-state index in [0.717, 1.165) is 38.2 Å². The summed E-state index contributed by atoms with van der Waals surface area (Å²) in [5.74, 6) is 0.332. The molecule has 0 saturated carbocycles. The Labute approximate surface area is 149 Å². The van der Waals surface area contributed by atoms with Gasteiger partial charge < -0.3 is 15.5 Å². The molecule has 1 saturated heterocycles. The van der Waals surface area contributed by atoms with E-state index in [9.17, 15) is 9.59 Å². The number of piperazine rings is 1. The minimum absolute atomic E-state index is 0.0613. The molecule has 1 unspecified atom stereocenters. The molecule has 2 N–H and O–H groups in total. The van der Waals surface area contributed by atoms with Crippen LogP contribution in [-0.2, 0) is 16.0 Å². The number of rotatable bonds is 5. The summed E-state index contributed by atoms with van der Waals surface area (Å²) in [6.45, 7) is 6.02. The number of amides is 2. The highest BCUT2D eigenvalue weighted by atomic mass is 16.2. The predicted octanol–water partition coefficient (Wildman–Crippen LogP) is 0.847. The highest BCUT2D eigenvalue weighted by Gasteiger charge is 2.27. The van der Waals surface area contributed by atoms with Crippen molar-refractivity contribution in [2.75, 3.05) is 44.2 Å². The van der Waals surface area contributed by atoms with E-state index in [0.29, 0.717) is 26.1 Å². The van der Waals surface area contributed by atoms with Crippen molar-refractivity contribution in [2.45, 2.75) is 32.2 Å². The van der Waals surface area contributed by atoms with Gasteiger partial charge in [-0.3, -0.25) is 14.5 Å². The predicted molar refractivity (Wildman–Crippen MR) is 98.4 cm³/mol. The third kappa shape index (κ3) is 4.38. The zero-order chi connectivity index (χ0) is 17.8. The van der Waals surface area contributed by atoms with E-state index < -0.39 is 0 Å². The lowest BCUT2D eigenvalue weighted by Gasteiger charge is -2.35. The molecule has 0 bridgehead atoms. The smallest absolute Gasteiger partial charge is 0.241 e. The highest BCUT2D eigenvalue weighted by molar-refractivity contribution is 5.96. The molecule has 1 fully saturated rings. The van der Waals surface area contributed by atoms with Gasteiger partial charge >= 0.3 is 0 Å². The van der Waals surface area contributed by atoms with E-state index in [4.69, 9.17) is 5.73 Å². The van der Waals surface area contributed by atoms with Gasteiger partial charge in [-0.15, -0.1) is 0 Å². The molecule has 2 aliphatic rings. The van der Waals surface area contributed by atoms with Crippen molar-refractivity contribution < 1.29 is 9.59 Å². The fourth-order valence-corrected chi connectivity index (χ4v) is 3.54. The van der Waals surface area contributed by atoms with Crippen LogP contribution in [-0.4, -0.2) is 66.9 Å². The van der Waals surface area contributed by atoms with E-state index in [2.05, 4.69) is 11.0 Å². The molecule has 6 nitrogen and oxygen atoms in total. The second kappa shape index (κ2) is 7.97. The first-order valence-electron chi connectivity index (χ1n) is 9.18. The molecule has 2 heterocycles. The SMILES string of the molecule is CC(N)CCC(=O)N1CCN(CC(=O)N2CCc3ccccc32)CC1. The number of para-hydroxylation sites is 1. The normalized spacial score (nSPS) is 19.0. The van der Waals surface area contributed by atoms with Gasteiger partial charge in [0.2, 0.25) is 11.8 Å². The van der Waals surface area contributed by atoms with E-state index in [1.54, 1.807) is 0 Å². The van der Waals surface area contributed by atoms with Crippen LogP contribution in [0.25, 0.3) is 0 Å². The summed E-state index contributed by atoms with van der Waals surface area (Å²) < 4.78 is 0. The molecule has 6 heteroatoms. The Kier molecular flexibility index (Phi) is 5.71. The molecular weight excluding hydrogens is 316 g/mol. The Balaban J connectivity index is 1.46.